The van der Waals surface area contributed by atoms with E-state index in [2.05, 4.69) is 0 Å². The van der Waals surface area contributed by atoms with Crippen molar-refractivity contribution in [2.75, 3.05) is 12.4 Å². The maximum atomic E-state index is 11.8. The van der Waals surface area contributed by atoms with Crippen LogP contribution in [-0.4, -0.2) is 20.8 Å². The van der Waals surface area contributed by atoms with Crippen LogP contribution in [0.4, 0.5) is 0 Å². The lowest BCUT2D eigenvalue weighted by Gasteiger charge is -2.04. The minimum absolute atomic E-state index is 0.0365. The highest BCUT2D eigenvalue weighted by Gasteiger charge is 2.06. The van der Waals surface area contributed by atoms with Crippen LogP contribution in [0.5, 0.6) is 5.75 Å². The lowest BCUT2D eigenvalue weighted by atomic mass is 10.2. The molecule has 104 valence electrons. The Bertz CT molecular complexity index is 647. The van der Waals surface area contributed by atoms with E-state index in [1.165, 1.54) is 5.41 Å². The van der Waals surface area contributed by atoms with Crippen LogP contribution in [0.1, 0.15) is 5.56 Å². The van der Waals surface area contributed by atoms with Crippen LogP contribution in [0, 0.1) is 0 Å². The van der Waals surface area contributed by atoms with Crippen molar-refractivity contribution in [1.82, 2.24) is 0 Å². The van der Waals surface area contributed by atoms with Gasteiger partial charge in [-0.3, -0.25) is 0 Å². The summed E-state index contributed by atoms with van der Waals surface area (Å²) < 4.78 is 29.0. The molecule has 0 N–H and O–H groups in total. The van der Waals surface area contributed by atoms with E-state index in [9.17, 15) is 8.42 Å². The summed E-state index contributed by atoms with van der Waals surface area (Å²) in [5.74, 6) is 0.639. The van der Waals surface area contributed by atoms with Gasteiger partial charge in [-0.1, -0.05) is 48.5 Å². The lowest BCUT2D eigenvalue weighted by Crippen LogP contribution is -2.11. The van der Waals surface area contributed by atoms with Gasteiger partial charge in [0.05, 0.1) is 5.75 Å². The van der Waals surface area contributed by atoms with Gasteiger partial charge in [-0.05, 0) is 23.8 Å². The first kappa shape index (κ1) is 14.3. The monoisotopic (exact) mass is 288 g/mol. The molecule has 0 atom stereocenters. The van der Waals surface area contributed by atoms with Crippen LogP contribution >= 0.6 is 0 Å². The smallest absolute Gasteiger partial charge is 0.174 e. The van der Waals surface area contributed by atoms with E-state index in [0.29, 0.717) is 5.75 Å². The third-order valence-corrected chi connectivity index (χ3v) is 3.93. The standard InChI is InChI=1S/C16H16O3S/c17-20(18,13-11-15-7-3-1-4-8-15)14-12-19-16-9-5-2-6-10-16/h1-11,13H,12,14H2. The van der Waals surface area contributed by atoms with Crippen LogP contribution in [0.25, 0.3) is 6.08 Å². The molecule has 0 radical (unpaired) electrons. The Kier molecular flexibility index (Phi) is 4.96. The maximum absolute atomic E-state index is 11.8. The summed E-state index contributed by atoms with van der Waals surface area (Å²) in [7, 11) is -3.26. The van der Waals surface area contributed by atoms with Gasteiger partial charge in [0.1, 0.15) is 12.4 Å². The molecule has 0 amide bonds. The van der Waals surface area contributed by atoms with Crippen LogP contribution < -0.4 is 4.74 Å². The van der Waals surface area contributed by atoms with E-state index in [1.807, 2.05) is 48.5 Å². The maximum Gasteiger partial charge on any atom is 0.174 e. The van der Waals surface area contributed by atoms with Gasteiger partial charge in [-0.15, -0.1) is 0 Å². The van der Waals surface area contributed by atoms with Crippen molar-refractivity contribution in [3.63, 3.8) is 0 Å². The van der Waals surface area contributed by atoms with Crippen LogP contribution in [0.3, 0.4) is 0 Å². The molecule has 0 aliphatic heterocycles. The molecule has 0 heterocycles. The molecule has 2 aromatic rings. The van der Waals surface area contributed by atoms with Gasteiger partial charge < -0.3 is 4.74 Å². The fourth-order valence-corrected chi connectivity index (χ4v) is 2.42. The quantitative estimate of drug-likeness (QED) is 0.820. The van der Waals surface area contributed by atoms with Crippen molar-refractivity contribution in [2.24, 2.45) is 0 Å². The molecule has 3 nitrogen and oxygen atoms in total. The van der Waals surface area contributed by atoms with E-state index >= 15 is 0 Å². The van der Waals surface area contributed by atoms with Crippen molar-refractivity contribution in [2.45, 2.75) is 0 Å². The summed E-state index contributed by atoms with van der Waals surface area (Å²) in [6.45, 7) is 0.144. The zero-order valence-electron chi connectivity index (χ0n) is 11.0. The second-order valence-electron chi connectivity index (χ2n) is 4.24. The minimum atomic E-state index is -3.26. The number of benzene rings is 2. The van der Waals surface area contributed by atoms with Gasteiger partial charge in [0.2, 0.25) is 0 Å². The Morgan fingerprint density at radius 1 is 0.900 bits per heavy atom. The van der Waals surface area contributed by atoms with Crippen LogP contribution in [0.15, 0.2) is 66.1 Å². The van der Waals surface area contributed by atoms with Crippen LogP contribution in [-0.2, 0) is 9.84 Å². The second-order valence-corrected chi connectivity index (χ2v) is 6.25. The van der Waals surface area contributed by atoms with Gasteiger partial charge in [0, 0.05) is 5.41 Å². The van der Waals surface area contributed by atoms with Gasteiger partial charge in [-0.25, -0.2) is 8.42 Å². The Labute approximate surface area is 119 Å². The predicted molar refractivity (Wildman–Crippen MR) is 81.2 cm³/mol. The Hall–Kier alpha value is -2.07. The highest BCUT2D eigenvalue weighted by molar-refractivity contribution is 7.94. The molecule has 0 saturated carbocycles. The summed E-state index contributed by atoms with van der Waals surface area (Å²) in [5.41, 5.74) is 0.861. The molecule has 2 rings (SSSR count). The minimum Gasteiger partial charge on any atom is -0.493 e. The normalized spacial score (nSPS) is 11.6. The van der Waals surface area contributed by atoms with E-state index in [-0.39, 0.29) is 12.4 Å². The van der Waals surface area contributed by atoms with Crippen molar-refractivity contribution in [3.8, 4) is 5.75 Å². The van der Waals surface area contributed by atoms with Gasteiger partial charge >= 0.3 is 0 Å². The highest BCUT2D eigenvalue weighted by Crippen LogP contribution is 2.09. The Morgan fingerprint density at radius 2 is 1.50 bits per heavy atom. The third kappa shape index (κ3) is 4.90. The molecule has 0 fully saturated rings. The van der Waals surface area contributed by atoms with Gasteiger partial charge in [0.25, 0.3) is 0 Å². The first-order chi connectivity index (χ1) is 9.66. The van der Waals surface area contributed by atoms with Gasteiger partial charge in [-0.2, -0.15) is 0 Å². The average Bonchev–Trinajstić information content (AvgIpc) is 2.47. The van der Waals surface area contributed by atoms with E-state index in [0.717, 1.165) is 5.56 Å². The number of hydrogen-bond donors (Lipinski definition) is 0. The van der Waals surface area contributed by atoms with Crippen molar-refractivity contribution in [3.05, 3.63) is 71.6 Å². The third-order valence-electron chi connectivity index (χ3n) is 2.65. The number of ether oxygens (including phenoxy) is 1. The summed E-state index contributed by atoms with van der Waals surface area (Å²) in [6.07, 6.45) is 1.60. The number of sulfone groups is 1. The molecule has 0 spiro atoms. The molecular formula is C16H16O3S. The van der Waals surface area contributed by atoms with Crippen LogP contribution in [0.2, 0.25) is 0 Å². The molecular weight excluding hydrogens is 272 g/mol. The zero-order chi connectivity index (χ0) is 14.3. The number of hydrogen-bond acceptors (Lipinski definition) is 3. The van der Waals surface area contributed by atoms with Crippen molar-refractivity contribution >= 4 is 15.9 Å². The molecule has 0 saturated heterocycles. The molecule has 4 heteroatoms. The molecule has 2 aromatic carbocycles. The van der Waals surface area contributed by atoms with E-state index in [1.54, 1.807) is 18.2 Å². The topological polar surface area (TPSA) is 43.4 Å². The lowest BCUT2D eigenvalue weighted by molar-refractivity contribution is 0.341. The predicted octanol–water partition coefficient (Wildman–Crippen LogP) is 3.15. The first-order valence-corrected chi connectivity index (χ1v) is 8.01. The largest absolute Gasteiger partial charge is 0.493 e. The SMILES string of the molecule is O=S(=O)(C=Cc1ccccc1)CCOc1ccccc1. The summed E-state index contributed by atoms with van der Waals surface area (Å²) >= 11 is 0. The highest BCUT2D eigenvalue weighted by atomic mass is 32.2. The van der Waals surface area contributed by atoms with Crippen molar-refractivity contribution < 1.29 is 13.2 Å². The Morgan fingerprint density at radius 3 is 2.15 bits per heavy atom. The van der Waals surface area contributed by atoms with E-state index < -0.39 is 9.84 Å². The molecule has 20 heavy (non-hydrogen) atoms. The second kappa shape index (κ2) is 6.91. The zero-order valence-corrected chi connectivity index (χ0v) is 11.8. The van der Waals surface area contributed by atoms with E-state index in [4.69, 9.17) is 4.74 Å². The Balaban J connectivity index is 1.87. The summed E-state index contributed by atoms with van der Waals surface area (Å²) in [6, 6.07) is 18.5. The molecule has 0 unspecified atom stereocenters. The fraction of sp³-hybridized carbons (Fsp3) is 0.125. The number of para-hydroxylation sites is 1. The first-order valence-electron chi connectivity index (χ1n) is 6.29. The molecule has 0 bridgehead atoms. The fourth-order valence-electron chi connectivity index (χ4n) is 1.61. The van der Waals surface area contributed by atoms with Gasteiger partial charge in [0.15, 0.2) is 9.84 Å². The molecule has 0 aromatic heterocycles. The number of rotatable bonds is 6. The summed E-state index contributed by atoms with van der Waals surface area (Å²) in [5, 5.41) is 1.23. The molecule has 0 aliphatic rings. The van der Waals surface area contributed by atoms with Crippen molar-refractivity contribution in [1.29, 1.82) is 0 Å². The average molecular weight is 288 g/mol. The molecule has 0 aliphatic carbocycles. The summed E-state index contributed by atoms with van der Waals surface area (Å²) in [4.78, 5) is 0.